The van der Waals surface area contributed by atoms with Gasteiger partial charge in [-0.05, 0) is 39.3 Å². The zero-order valence-corrected chi connectivity index (χ0v) is 12.9. The Balaban J connectivity index is 1.92. The van der Waals surface area contributed by atoms with Crippen LogP contribution < -0.4 is 5.32 Å². The van der Waals surface area contributed by atoms with Gasteiger partial charge in [0.15, 0.2) is 0 Å². The minimum absolute atomic E-state index is 0.0598. The number of oxazole rings is 1. The van der Waals surface area contributed by atoms with Crippen molar-refractivity contribution in [3.05, 3.63) is 40.8 Å². The topological polar surface area (TPSA) is 55.1 Å². The van der Waals surface area contributed by atoms with Crippen LogP contribution in [0, 0.1) is 27.7 Å². The van der Waals surface area contributed by atoms with E-state index in [1.165, 1.54) is 17.3 Å². The highest BCUT2D eigenvalue weighted by Gasteiger charge is 2.10. The van der Waals surface area contributed by atoms with Gasteiger partial charge in [0, 0.05) is 5.69 Å². The Bertz CT molecular complexity index is 615. The third kappa shape index (κ3) is 3.63. The van der Waals surface area contributed by atoms with Crippen molar-refractivity contribution in [1.82, 2.24) is 4.98 Å². The average molecular weight is 290 g/mol. The summed E-state index contributed by atoms with van der Waals surface area (Å²) in [5.41, 5.74) is 3.95. The summed E-state index contributed by atoms with van der Waals surface area (Å²) in [6, 6.07) is 5.95. The number of nitrogens with zero attached hydrogens (tertiary/aromatic N) is 1. The molecule has 20 heavy (non-hydrogen) atoms. The average Bonchev–Trinajstić information content (AvgIpc) is 2.70. The molecular formula is C15H18N2O2S. The SMILES string of the molecule is Cc1ccc(NC(=O)CSc2nc(C)c(C)o2)c(C)c1. The normalized spacial score (nSPS) is 10.6. The number of benzene rings is 1. The number of aromatic nitrogens is 1. The van der Waals surface area contributed by atoms with E-state index >= 15 is 0 Å². The van der Waals surface area contributed by atoms with Crippen LogP contribution in [0.25, 0.3) is 0 Å². The maximum atomic E-state index is 11.9. The first-order valence-corrected chi connectivity index (χ1v) is 7.38. The van der Waals surface area contributed by atoms with Gasteiger partial charge in [-0.3, -0.25) is 4.79 Å². The van der Waals surface area contributed by atoms with Crippen LogP contribution in [-0.4, -0.2) is 16.6 Å². The molecule has 0 bridgehead atoms. The highest BCUT2D eigenvalue weighted by atomic mass is 32.2. The summed E-state index contributed by atoms with van der Waals surface area (Å²) in [6.07, 6.45) is 0. The van der Waals surface area contributed by atoms with Gasteiger partial charge in [-0.15, -0.1) is 0 Å². The fourth-order valence-electron chi connectivity index (χ4n) is 1.77. The molecule has 0 atom stereocenters. The van der Waals surface area contributed by atoms with Gasteiger partial charge in [-0.1, -0.05) is 29.5 Å². The second-order valence-electron chi connectivity index (χ2n) is 4.78. The first-order chi connectivity index (χ1) is 9.45. The molecule has 1 N–H and O–H groups in total. The number of hydrogen-bond acceptors (Lipinski definition) is 4. The van der Waals surface area contributed by atoms with Crippen LogP contribution in [-0.2, 0) is 4.79 Å². The van der Waals surface area contributed by atoms with E-state index in [4.69, 9.17) is 4.42 Å². The molecule has 1 aromatic heterocycles. The van der Waals surface area contributed by atoms with Crippen LogP contribution in [0.3, 0.4) is 0 Å². The number of hydrogen-bond donors (Lipinski definition) is 1. The van der Waals surface area contributed by atoms with Crippen molar-refractivity contribution in [1.29, 1.82) is 0 Å². The smallest absolute Gasteiger partial charge is 0.256 e. The summed E-state index contributed by atoms with van der Waals surface area (Å²) in [5, 5.41) is 3.44. The Morgan fingerprint density at radius 3 is 2.65 bits per heavy atom. The van der Waals surface area contributed by atoms with Crippen molar-refractivity contribution >= 4 is 23.4 Å². The van der Waals surface area contributed by atoms with E-state index < -0.39 is 0 Å². The minimum Gasteiger partial charge on any atom is -0.437 e. The van der Waals surface area contributed by atoms with Gasteiger partial charge in [-0.2, -0.15) is 0 Å². The van der Waals surface area contributed by atoms with Crippen LogP contribution >= 0.6 is 11.8 Å². The zero-order valence-electron chi connectivity index (χ0n) is 12.1. The van der Waals surface area contributed by atoms with Gasteiger partial charge in [0.25, 0.3) is 5.22 Å². The fourth-order valence-corrected chi connectivity index (χ4v) is 2.48. The lowest BCUT2D eigenvalue weighted by atomic mass is 10.1. The monoisotopic (exact) mass is 290 g/mol. The Hall–Kier alpha value is -1.75. The van der Waals surface area contributed by atoms with Crippen LogP contribution in [0.2, 0.25) is 0 Å². The highest BCUT2D eigenvalue weighted by molar-refractivity contribution is 7.99. The van der Waals surface area contributed by atoms with E-state index in [0.717, 1.165) is 22.7 Å². The molecular weight excluding hydrogens is 272 g/mol. The Morgan fingerprint density at radius 1 is 1.30 bits per heavy atom. The lowest BCUT2D eigenvalue weighted by Crippen LogP contribution is -2.14. The number of carbonyl (C=O) groups excluding carboxylic acids is 1. The quantitative estimate of drug-likeness (QED) is 0.873. The van der Waals surface area contributed by atoms with E-state index in [2.05, 4.69) is 10.3 Å². The predicted molar refractivity (Wildman–Crippen MR) is 81.2 cm³/mol. The highest BCUT2D eigenvalue weighted by Crippen LogP contribution is 2.21. The summed E-state index contributed by atoms with van der Waals surface area (Å²) in [5.74, 6) is 1.02. The van der Waals surface area contributed by atoms with Crippen molar-refractivity contribution < 1.29 is 9.21 Å². The molecule has 0 saturated heterocycles. The molecule has 0 aliphatic heterocycles. The summed E-state index contributed by atoms with van der Waals surface area (Å²) in [4.78, 5) is 16.1. The van der Waals surface area contributed by atoms with Crippen molar-refractivity contribution in [3.63, 3.8) is 0 Å². The van der Waals surface area contributed by atoms with E-state index in [-0.39, 0.29) is 11.7 Å². The van der Waals surface area contributed by atoms with Crippen molar-refractivity contribution in [2.24, 2.45) is 0 Å². The number of rotatable bonds is 4. The largest absolute Gasteiger partial charge is 0.437 e. The molecule has 0 fully saturated rings. The summed E-state index contributed by atoms with van der Waals surface area (Å²) < 4.78 is 5.43. The molecule has 1 amide bonds. The van der Waals surface area contributed by atoms with Crippen LogP contribution in [0.15, 0.2) is 27.8 Å². The molecule has 2 rings (SSSR count). The van der Waals surface area contributed by atoms with Crippen LogP contribution in [0.5, 0.6) is 0 Å². The van der Waals surface area contributed by atoms with E-state index in [1.807, 2.05) is 45.9 Å². The minimum atomic E-state index is -0.0598. The van der Waals surface area contributed by atoms with Crippen molar-refractivity contribution in [2.45, 2.75) is 32.9 Å². The van der Waals surface area contributed by atoms with E-state index in [0.29, 0.717) is 5.22 Å². The van der Waals surface area contributed by atoms with E-state index in [9.17, 15) is 4.79 Å². The number of anilines is 1. The molecule has 4 nitrogen and oxygen atoms in total. The number of aryl methyl sites for hydroxylation is 4. The van der Waals surface area contributed by atoms with Gasteiger partial charge >= 0.3 is 0 Å². The molecule has 106 valence electrons. The summed E-state index contributed by atoms with van der Waals surface area (Å²) in [7, 11) is 0. The third-order valence-electron chi connectivity index (χ3n) is 2.99. The molecule has 0 saturated carbocycles. The standard InChI is InChI=1S/C15H18N2O2S/c1-9-5-6-13(10(2)7-9)17-14(18)8-20-15-16-11(3)12(4)19-15/h5-7H,8H2,1-4H3,(H,17,18). The van der Waals surface area contributed by atoms with Gasteiger partial charge in [0.1, 0.15) is 5.76 Å². The molecule has 0 aliphatic rings. The first kappa shape index (κ1) is 14.7. The molecule has 0 radical (unpaired) electrons. The maximum absolute atomic E-state index is 11.9. The molecule has 2 aromatic rings. The second-order valence-corrected chi connectivity index (χ2v) is 5.70. The van der Waals surface area contributed by atoms with Crippen molar-refractivity contribution in [2.75, 3.05) is 11.1 Å². The van der Waals surface area contributed by atoms with Gasteiger partial charge in [0.05, 0.1) is 11.4 Å². The molecule has 5 heteroatoms. The number of thioether (sulfide) groups is 1. The lowest BCUT2D eigenvalue weighted by Gasteiger charge is -2.08. The predicted octanol–water partition coefficient (Wildman–Crippen LogP) is 3.64. The lowest BCUT2D eigenvalue weighted by molar-refractivity contribution is -0.113. The molecule has 1 heterocycles. The maximum Gasteiger partial charge on any atom is 0.256 e. The number of carbonyl (C=O) groups is 1. The van der Waals surface area contributed by atoms with Crippen LogP contribution in [0.4, 0.5) is 5.69 Å². The number of nitrogens with one attached hydrogen (secondary N) is 1. The summed E-state index contributed by atoms with van der Waals surface area (Å²) >= 11 is 1.30. The first-order valence-electron chi connectivity index (χ1n) is 6.39. The molecule has 0 aliphatic carbocycles. The van der Waals surface area contributed by atoms with E-state index in [1.54, 1.807) is 0 Å². The summed E-state index contributed by atoms with van der Waals surface area (Å²) in [6.45, 7) is 7.76. The zero-order chi connectivity index (χ0) is 14.7. The van der Waals surface area contributed by atoms with Crippen LogP contribution in [0.1, 0.15) is 22.6 Å². The molecule has 1 aromatic carbocycles. The molecule has 0 unspecified atom stereocenters. The van der Waals surface area contributed by atoms with Gasteiger partial charge in [0.2, 0.25) is 5.91 Å². The Morgan fingerprint density at radius 2 is 2.05 bits per heavy atom. The Labute approximate surface area is 123 Å². The second kappa shape index (κ2) is 6.13. The fraction of sp³-hybridized carbons (Fsp3) is 0.333. The Kier molecular flexibility index (Phi) is 4.49. The molecule has 0 spiro atoms. The van der Waals surface area contributed by atoms with Gasteiger partial charge < -0.3 is 9.73 Å². The van der Waals surface area contributed by atoms with Gasteiger partial charge in [-0.25, -0.2) is 4.98 Å². The van der Waals surface area contributed by atoms with Crippen molar-refractivity contribution in [3.8, 4) is 0 Å². The number of amides is 1. The third-order valence-corrected chi connectivity index (χ3v) is 3.82.